The van der Waals surface area contributed by atoms with Gasteiger partial charge in [-0.1, -0.05) is 13.3 Å². The monoisotopic (exact) mass is 283 g/mol. The van der Waals surface area contributed by atoms with Crippen LogP contribution >= 0.6 is 0 Å². The van der Waals surface area contributed by atoms with Crippen LogP contribution in [0.4, 0.5) is 5.69 Å². The summed E-state index contributed by atoms with van der Waals surface area (Å²) in [5.74, 6) is 0.682. The Morgan fingerprint density at radius 2 is 2.19 bits per heavy atom. The third-order valence-electron chi connectivity index (χ3n) is 4.00. The van der Waals surface area contributed by atoms with Crippen LogP contribution in [0.1, 0.15) is 31.0 Å². The van der Waals surface area contributed by atoms with E-state index < -0.39 is 0 Å². The highest BCUT2D eigenvalue weighted by Gasteiger charge is 2.15. The van der Waals surface area contributed by atoms with E-state index in [-0.39, 0.29) is 5.56 Å². The predicted molar refractivity (Wildman–Crippen MR) is 85.9 cm³/mol. The summed E-state index contributed by atoms with van der Waals surface area (Å²) >= 11 is 0. The van der Waals surface area contributed by atoms with Crippen molar-refractivity contribution in [2.75, 3.05) is 18.5 Å². The van der Waals surface area contributed by atoms with Crippen molar-refractivity contribution in [1.29, 1.82) is 0 Å². The molecule has 1 N–H and O–H groups in total. The molecule has 0 aliphatic carbocycles. The SMILES string of the molecule is CCCc1cc(=O)[nH]c(-c2ccc3c(c2)CCCN3C)n1. The first-order valence-electron chi connectivity index (χ1n) is 7.62. The fraction of sp³-hybridized carbons (Fsp3) is 0.412. The molecular weight excluding hydrogens is 262 g/mol. The van der Waals surface area contributed by atoms with E-state index in [1.165, 1.54) is 17.7 Å². The Bertz CT molecular complexity index is 705. The normalized spacial score (nSPS) is 14.1. The number of aromatic nitrogens is 2. The average molecular weight is 283 g/mol. The number of aryl methyl sites for hydroxylation is 2. The molecule has 2 heterocycles. The topological polar surface area (TPSA) is 49.0 Å². The van der Waals surface area contributed by atoms with Crippen molar-refractivity contribution in [3.8, 4) is 11.4 Å². The number of fused-ring (bicyclic) bond motifs is 1. The smallest absolute Gasteiger partial charge is 0.251 e. The molecule has 110 valence electrons. The zero-order valence-electron chi connectivity index (χ0n) is 12.6. The molecule has 0 atom stereocenters. The van der Waals surface area contributed by atoms with Gasteiger partial charge in [0, 0.05) is 36.6 Å². The molecule has 0 fully saturated rings. The first-order chi connectivity index (χ1) is 10.2. The van der Waals surface area contributed by atoms with Crippen molar-refractivity contribution in [3.05, 3.63) is 45.9 Å². The second kappa shape index (κ2) is 5.72. The highest BCUT2D eigenvalue weighted by atomic mass is 16.1. The second-order valence-corrected chi connectivity index (χ2v) is 5.70. The lowest BCUT2D eigenvalue weighted by atomic mass is 9.99. The molecule has 0 spiro atoms. The maximum Gasteiger partial charge on any atom is 0.251 e. The molecule has 0 saturated heterocycles. The molecule has 0 amide bonds. The van der Waals surface area contributed by atoms with Gasteiger partial charge in [0.1, 0.15) is 5.82 Å². The van der Waals surface area contributed by atoms with Gasteiger partial charge in [-0.05, 0) is 43.0 Å². The van der Waals surface area contributed by atoms with E-state index in [4.69, 9.17) is 0 Å². The first-order valence-corrected chi connectivity index (χ1v) is 7.62. The van der Waals surface area contributed by atoms with Crippen LogP contribution in [0.5, 0.6) is 0 Å². The standard InChI is InChI=1S/C17H21N3O/c1-3-5-14-11-16(21)19-17(18-14)13-7-8-15-12(10-13)6-4-9-20(15)2/h7-8,10-11H,3-6,9H2,1-2H3,(H,18,19,21). The van der Waals surface area contributed by atoms with E-state index >= 15 is 0 Å². The van der Waals surface area contributed by atoms with Gasteiger partial charge in [-0.2, -0.15) is 0 Å². The zero-order valence-corrected chi connectivity index (χ0v) is 12.6. The quantitative estimate of drug-likeness (QED) is 0.942. The van der Waals surface area contributed by atoms with Gasteiger partial charge in [0.15, 0.2) is 0 Å². The van der Waals surface area contributed by atoms with E-state index in [1.807, 2.05) is 0 Å². The van der Waals surface area contributed by atoms with Crippen LogP contribution in [0.25, 0.3) is 11.4 Å². The van der Waals surface area contributed by atoms with Crippen molar-refractivity contribution in [3.63, 3.8) is 0 Å². The van der Waals surface area contributed by atoms with E-state index in [0.717, 1.165) is 37.1 Å². The molecule has 21 heavy (non-hydrogen) atoms. The lowest BCUT2D eigenvalue weighted by Crippen LogP contribution is -2.24. The highest BCUT2D eigenvalue weighted by molar-refractivity contribution is 5.65. The van der Waals surface area contributed by atoms with Crippen molar-refractivity contribution >= 4 is 5.69 Å². The minimum atomic E-state index is -0.0710. The molecule has 2 aromatic rings. The average Bonchev–Trinajstić information content (AvgIpc) is 2.47. The fourth-order valence-electron chi connectivity index (χ4n) is 2.96. The first kappa shape index (κ1) is 13.9. The number of hydrogen-bond donors (Lipinski definition) is 1. The molecule has 3 rings (SSSR count). The van der Waals surface area contributed by atoms with Crippen LogP contribution < -0.4 is 10.5 Å². The molecule has 4 nitrogen and oxygen atoms in total. The van der Waals surface area contributed by atoms with Gasteiger partial charge in [-0.25, -0.2) is 4.98 Å². The third-order valence-corrected chi connectivity index (χ3v) is 4.00. The van der Waals surface area contributed by atoms with Crippen molar-refractivity contribution in [1.82, 2.24) is 9.97 Å². The Hall–Kier alpha value is -2.10. The summed E-state index contributed by atoms with van der Waals surface area (Å²) < 4.78 is 0. The Labute approximate surface area is 124 Å². The number of benzene rings is 1. The molecule has 1 aromatic carbocycles. The number of nitrogens with zero attached hydrogens (tertiary/aromatic N) is 2. The predicted octanol–water partition coefficient (Wildman–Crippen LogP) is 2.77. The molecule has 0 bridgehead atoms. The maximum absolute atomic E-state index is 11.8. The number of rotatable bonds is 3. The summed E-state index contributed by atoms with van der Waals surface area (Å²) in [6, 6.07) is 7.95. The van der Waals surface area contributed by atoms with Crippen LogP contribution in [0.2, 0.25) is 0 Å². The second-order valence-electron chi connectivity index (χ2n) is 5.70. The lowest BCUT2D eigenvalue weighted by Gasteiger charge is -2.27. The summed E-state index contributed by atoms with van der Waals surface area (Å²) in [6.45, 7) is 3.20. The summed E-state index contributed by atoms with van der Waals surface area (Å²) in [4.78, 5) is 21.5. The van der Waals surface area contributed by atoms with Crippen molar-refractivity contribution < 1.29 is 0 Å². The van der Waals surface area contributed by atoms with Gasteiger partial charge in [-0.15, -0.1) is 0 Å². The van der Waals surface area contributed by atoms with Gasteiger partial charge >= 0.3 is 0 Å². The van der Waals surface area contributed by atoms with Crippen LogP contribution in [0.3, 0.4) is 0 Å². The number of anilines is 1. The number of hydrogen-bond acceptors (Lipinski definition) is 3. The van der Waals surface area contributed by atoms with Gasteiger partial charge in [0.05, 0.1) is 0 Å². The molecular formula is C17H21N3O. The molecule has 1 aromatic heterocycles. The zero-order chi connectivity index (χ0) is 14.8. The lowest BCUT2D eigenvalue weighted by molar-refractivity contribution is 0.744. The van der Waals surface area contributed by atoms with Crippen LogP contribution in [0, 0.1) is 0 Å². The van der Waals surface area contributed by atoms with Gasteiger partial charge in [0.25, 0.3) is 5.56 Å². The van der Waals surface area contributed by atoms with Crippen LogP contribution in [-0.2, 0) is 12.8 Å². The maximum atomic E-state index is 11.8. The highest BCUT2D eigenvalue weighted by Crippen LogP contribution is 2.29. The van der Waals surface area contributed by atoms with Crippen LogP contribution in [-0.4, -0.2) is 23.6 Å². The van der Waals surface area contributed by atoms with Gasteiger partial charge in [-0.3, -0.25) is 4.79 Å². The Balaban J connectivity index is 2.03. The van der Waals surface area contributed by atoms with Crippen molar-refractivity contribution in [2.45, 2.75) is 32.6 Å². The Morgan fingerprint density at radius 3 is 3.00 bits per heavy atom. The van der Waals surface area contributed by atoms with Crippen molar-refractivity contribution in [2.24, 2.45) is 0 Å². The van der Waals surface area contributed by atoms with Crippen LogP contribution in [0.15, 0.2) is 29.1 Å². The van der Waals surface area contributed by atoms with E-state index in [0.29, 0.717) is 5.82 Å². The van der Waals surface area contributed by atoms with E-state index in [9.17, 15) is 4.79 Å². The van der Waals surface area contributed by atoms with Gasteiger partial charge < -0.3 is 9.88 Å². The van der Waals surface area contributed by atoms with E-state index in [2.05, 4.69) is 47.0 Å². The third kappa shape index (κ3) is 2.84. The Morgan fingerprint density at radius 1 is 1.33 bits per heavy atom. The summed E-state index contributed by atoms with van der Waals surface area (Å²) in [5, 5.41) is 0. The number of nitrogens with one attached hydrogen (secondary N) is 1. The fourth-order valence-corrected chi connectivity index (χ4v) is 2.96. The molecule has 0 unspecified atom stereocenters. The minimum absolute atomic E-state index is 0.0710. The largest absolute Gasteiger partial charge is 0.374 e. The number of aromatic amines is 1. The molecule has 1 aliphatic rings. The molecule has 4 heteroatoms. The molecule has 0 radical (unpaired) electrons. The molecule has 1 aliphatic heterocycles. The van der Waals surface area contributed by atoms with Gasteiger partial charge in [0.2, 0.25) is 0 Å². The van der Waals surface area contributed by atoms with E-state index in [1.54, 1.807) is 6.07 Å². The summed E-state index contributed by atoms with van der Waals surface area (Å²) in [7, 11) is 2.12. The summed E-state index contributed by atoms with van der Waals surface area (Å²) in [5.41, 5.74) is 4.42. The minimum Gasteiger partial charge on any atom is -0.374 e. The number of H-pyrrole nitrogens is 1. The molecule has 0 saturated carbocycles. The summed E-state index contributed by atoms with van der Waals surface area (Å²) in [6.07, 6.45) is 4.09. The Kier molecular flexibility index (Phi) is 3.78.